The van der Waals surface area contributed by atoms with Gasteiger partial charge in [0.05, 0.1) is 5.97 Å². The van der Waals surface area contributed by atoms with Gasteiger partial charge in [-0.2, -0.15) is 0 Å². The van der Waals surface area contributed by atoms with E-state index in [0.29, 0.717) is 0 Å². The molecule has 0 aromatic heterocycles. The third-order valence-electron chi connectivity index (χ3n) is 3.25. The quantitative estimate of drug-likeness (QED) is 0.587. The van der Waals surface area contributed by atoms with Crippen LogP contribution in [0.2, 0.25) is 0 Å². The van der Waals surface area contributed by atoms with Crippen molar-refractivity contribution < 1.29 is 9.90 Å². The summed E-state index contributed by atoms with van der Waals surface area (Å²) >= 11 is 0. The zero-order valence-corrected chi connectivity index (χ0v) is 9.56. The average molecular weight is 197 g/mol. The summed E-state index contributed by atoms with van der Waals surface area (Å²) in [5.41, 5.74) is 0.0328. The summed E-state index contributed by atoms with van der Waals surface area (Å²) in [6.07, 6.45) is 4.70. The van der Waals surface area contributed by atoms with Gasteiger partial charge in [-0.05, 0) is 30.3 Å². The number of hydrogen-bond acceptors (Lipinski definition) is 2. The van der Waals surface area contributed by atoms with E-state index >= 15 is 0 Å². The van der Waals surface area contributed by atoms with Crippen molar-refractivity contribution in [1.29, 1.82) is 0 Å². The molecule has 0 aliphatic heterocycles. The fraction of sp³-hybridized carbons (Fsp3) is 0.750. The maximum atomic E-state index is 10.8. The lowest BCUT2D eigenvalue weighted by atomic mass is 9.72. The average Bonchev–Trinajstić information content (AvgIpc) is 2.19. The minimum absolute atomic E-state index is 0.241. The van der Waals surface area contributed by atoms with Gasteiger partial charge in [-0.3, -0.25) is 0 Å². The molecule has 0 heterocycles. The zero-order chi connectivity index (χ0) is 11.2. The van der Waals surface area contributed by atoms with Crippen molar-refractivity contribution in [3.8, 4) is 0 Å². The molecule has 14 heavy (non-hydrogen) atoms. The number of aliphatic carboxylic acids is 1. The van der Waals surface area contributed by atoms with Crippen molar-refractivity contribution in [1.82, 2.24) is 0 Å². The smallest absolute Gasteiger partial charge is 0.0674 e. The van der Waals surface area contributed by atoms with Crippen LogP contribution in [-0.2, 0) is 4.79 Å². The van der Waals surface area contributed by atoms with Gasteiger partial charge in [-0.25, -0.2) is 0 Å². The van der Waals surface area contributed by atoms with Crippen LogP contribution in [0.5, 0.6) is 0 Å². The second-order valence-electron chi connectivity index (χ2n) is 3.86. The maximum Gasteiger partial charge on any atom is 0.0674 e. The molecule has 0 aliphatic rings. The molecule has 0 unspecified atom stereocenters. The summed E-state index contributed by atoms with van der Waals surface area (Å²) in [7, 11) is 0. The lowest BCUT2D eigenvalue weighted by molar-refractivity contribution is -0.300. The molecule has 2 nitrogen and oxygen atoms in total. The van der Waals surface area contributed by atoms with Crippen LogP contribution in [0.1, 0.15) is 52.9 Å². The van der Waals surface area contributed by atoms with Gasteiger partial charge in [-0.1, -0.05) is 40.2 Å². The molecule has 0 amide bonds. The first-order valence-electron chi connectivity index (χ1n) is 5.44. The zero-order valence-electron chi connectivity index (χ0n) is 9.56. The van der Waals surface area contributed by atoms with E-state index in [2.05, 4.69) is 13.5 Å². The van der Waals surface area contributed by atoms with E-state index in [1.165, 1.54) is 0 Å². The molecule has 0 bridgehead atoms. The lowest BCUT2D eigenvalue weighted by Crippen LogP contribution is -2.34. The molecule has 0 N–H and O–H groups in total. The molecule has 0 spiro atoms. The topological polar surface area (TPSA) is 40.1 Å². The highest BCUT2D eigenvalue weighted by atomic mass is 16.4. The van der Waals surface area contributed by atoms with Gasteiger partial charge < -0.3 is 9.90 Å². The van der Waals surface area contributed by atoms with Crippen molar-refractivity contribution in [2.45, 2.75) is 52.9 Å². The highest BCUT2D eigenvalue weighted by molar-refractivity contribution is 5.85. The summed E-state index contributed by atoms with van der Waals surface area (Å²) in [5, 5.41) is 10.8. The fourth-order valence-corrected chi connectivity index (χ4v) is 1.91. The van der Waals surface area contributed by atoms with E-state index in [0.717, 1.165) is 32.1 Å². The Balaban J connectivity index is 4.68. The molecular formula is C12H21O2-. The second-order valence-corrected chi connectivity index (χ2v) is 3.86. The Kier molecular flexibility index (Phi) is 5.51. The fourth-order valence-electron chi connectivity index (χ4n) is 1.91. The number of carbonyl (C=O) groups excluding carboxylic acids is 1. The van der Waals surface area contributed by atoms with Gasteiger partial charge in [0.25, 0.3) is 0 Å². The summed E-state index contributed by atoms with van der Waals surface area (Å²) in [4.78, 5) is 10.8. The molecule has 0 saturated carbocycles. The number of carboxylic acid groups (broad SMARTS) is 1. The van der Waals surface area contributed by atoms with Gasteiger partial charge in [0.1, 0.15) is 0 Å². The van der Waals surface area contributed by atoms with E-state index in [9.17, 15) is 9.90 Å². The summed E-state index contributed by atoms with van der Waals surface area (Å²) in [6.45, 7) is 9.81. The van der Waals surface area contributed by atoms with E-state index in [1.807, 2.05) is 13.8 Å². The van der Waals surface area contributed by atoms with Crippen LogP contribution in [-0.4, -0.2) is 5.97 Å². The van der Waals surface area contributed by atoms with E-state index < -0.39 is 5.97 Å². The second kappa shape index (κ2) is 5.84. The van der Waals surface area contributed by atoms with E-state index in [4.69, 9.17) is 0 Å². The number of rotatable bonds is 7. The monoisotopic (exact) mass is 197 g/mol. The van der Waals surface area contributed by atoms with Gasteiger partial charge in [0.2, 0.25) is 0 Å². The Morgan fingerprint density at radius 2 is 1.79 bits per heavy atom. The Morgan fingerprint density at radius 3 is 2.07 bits per heavy atom. The number of unbranched alkanes of at least 4 members (excludes halogenated alkanes) is 1. The predicted octanol–water partition coefficient (Wildman–Crippen LogP) is 2.29. The van der Waals surface area contributed by atoms with E-state index in [1.54, 1.807) is 0 Å². The Labute approximate surface area is 87.0 Å². The number of hydrogen-bond donors (Lipinski definition) is 0. The van der Waals surface area contributed by atoms with Crippen molar-refractivity contribution in [2.24, 2.45) is 5.41 Å². The SMILES string of the molecule is C=C(C(=O)[O-])C(CC)(CC)CCCC. The van der Waals surface area contributed by atoms with Crippen molar-refractivity contribution in [2.75, 3.05) is 0 Å². The van der Waals surface area contributed by atoms with Crippen LogP contribution in [0.4, 0.5) is 0 Å². The molecule has 0 aromatic carbocycles. The molecular weight excluding hydrogens is 176 g/mol. The van der Waals surface area contributed by atoms with Crippen molar-refractivity contribution in [3.63, 3.8) is 0 Å². The Bertz CT molecular complexity index is 202. The van der Waals surface area contributed by atoms with Crippen LogP contribution < -0.4 is 5.11 Å². The first-order valence-corrected chi connectivity index (χ1v) is 5.44. The molecule has 2 heteroatoms. The van der Waals surface area contributed by atoms with Gasteiger partial charge in [-0.15, -0.1) is 0 Å². The molecule has 0 aromatic rings. The molecule has 0 radical (unpaired) electrons. The normalized spacial score (nSPS) is 11.4. The summed E-state index contributed by atoms with van der Waals surface area (Å²) in [5.74, 6) is -1.09. The molecule has 82 valence electrons. The molecule has 0 rings (SSSR count). The first kappa shape index (κ1) is 13.2. The first-order chi connectivity index (χ1) is 6.54. The molecule has 0 atom stereocenters. The van der Waals surface area contributed by atoms with Crippen molar-refractivity contribution in [3.05, 3.63) is 12.2 Å². The van der Waals surface area contributed by atoms with Crippen LogP contribution in [0.25, 0.3) is 0 Å². The number of carbonyl (C=O) groups is 1. The highest BCUT2D eigenvalue weighted by Crippen LogP contribution is 2.38. The molecule has 0 fully saturated rings. The maximum absolute atomic E-state index is 10.8. The van der Waals surface area contributed by atoms with Crippen molar-refractivity contribution >= 4 is 5.97 Å². The van der Waals surface area contributed by atoms with Gasteiger partial charge in [0.15, 0.2) is 0 Å². The molecule has 0 aliphatic carbocycles. The third-order valence-corrected chi connectivity index (χ3v) is 3.25. The van der Waals surface area contributed by atoms with Gasteiger partial charge >= 0.3 is 0 Å². The lowest BCUT2D eigenvalue weighted by Gasteiger charge is -2.34. The summed E-state index contributed by atoms with van der Waals surface area (Å²) in [6, 6.07) is 0. The minimum Gasteiger partial charge on any atom is -0.545 e. The molecule has 0 saturated heterocycles. The van der Waals surface area contributed by atoms with Crippen LogP contribution in [0.3, 0.4) is 0 Å². The van der Waals surface area contributed by atoms with Crippen LogP contribution in [0.15, 0.2) is 12.2 Å². The number of carboxylic acids is 1. The summed E-state index contributed by atoms with van der Waals surface area (Å²) < 4.78 is 0. The largest absolute Gasteiger partial charge is 0.545 e. The predicted molar refractivity (Wildman–Crippen MR) is 56.7 cm³/mol. The van der Waals surface area contributed by atoms with E-state index in [-0.39, 0.29) is 11.0 Å². The Morgan fingerprint density at radius 1 is 1.29 bits per heavy atom. The standard InChI is InChI=1S/C12H22O2/c1-5-8-9-12(6-2,7-3)10(4)11(13)14/h4-9H2,1-3H3,(H,13,14)/p-1. The highest BCUT2D eigenvalue weighted by Gasteiger charge is 2.29. The third kappa shape index (κ3) is 2.86. The Hall–Kier alpha value is -0.790. The van der Waals surface area contributed by atoms with Gasteiger partial charge in [0, 0.05) is 0 Å². The van der Waals surface area contributed by atoms with Crippen LogP contribution in [0, 0.1) is 5.41 Å². The van der Waals surface area contributed by atoms with Crippen LogP contribution >= 0.6 is 0 Å². The minimum atomic E-state index is -1.09.